The molecule has 12 rings (SSSR count). The van der Waals surface area contributed by atoms with Crippen molar-refractivity contribution in [3.8, 4) is 61.8 Å². The highest BCUT2D eigenvalue weighted by molar-refractivity contribution is 6.10. The Labute approximate surface area is 360 Å². The van der Waals surface area contributed by atoms with Crippen LogP contribution < -0.4 is 0 Å². The minimum atomic E-state index is -0.577. The van der Waals surface area contributed by atoms with Crippen LogP contribution in [0.25, 0.3) is 83.6 Å². The minimum Gasteiger partial charge on any atom is -0.309 e. The molecule has 0 amide bonds. The molecule has 0 unspecified atom stereocenters. The van der Waals surface area contributed by atoms with Crippen LogP contribution in [0.1, 0.15) is 22.3 Å². The summed E-state index contributed by atoms with van der Waals surface area (Å²) in [6, 6.07) is 85.3. The van der Waals surface area contributed by atoms with E-state index in [-0.39, 0.29) is 0 Å². The fourth-order valence-electron chi connectivity index (χ4n) is 9.99. The van der Waals surface area contributed by atoms with E-state index in [4.69, 9.17) is 9.97 Å². The summed E-state index contributed by atoms with van der Waals surface area (Å²) in [6.45, 7) is 0. The first-order valence-electron chi connectivity index (χ1n) is 21.2. The summed E-state index contributed by atoms with van der Waals surface area (Å²) < 4.78 is 2.40. The summed E-state index contributed by atoms with van der Waals surface area (Å²) in [5.41, 5.74) is 17.2. The van der Waals surface area contributed by atoms with Gasteiger partial charge in [-0.15, -0.1) is 0 Å². The van der Waals surface area contributed by atoms with E-state index in [0.29, 0.717) is 5.82 Å². The zero-order chi connectivity index (χ0) is 41.0. The number of para-hydroxylation sites is 2. The van der Waals surface area contributed by atoms with Crippen molar-refractivity contribution >= 4 is 21.8 Å². The first-order valence-corrected chi connectivity index (χ1v) is 21.2. The van der Waals surface area contributed by atoms with Crippen molar-refractivity contribution in [2.24, 2.45) is 0 Å². The van der Waals surface area contributed by atoms with Gasteiger partial charge >= 0.3 is 0 Å². The van der Waals surface area contributed by atoms with E-state index in [1.165, 1.54) is 49.7 Å². The SMILES string of the molecule is c1ccc(-c2cc(-c3ccccc3)nc(-c3cc4c(cc3-c3ccc5c6ccccc6n(-c6ccccc6)c5c3)C(c3ccccc3)(c3ccccc3)c3ccccc3-4)n2)cc1. The Morgan fingerprint density at radius 1 is 0.323 bits per heavy atom. The maximum absolute atomic E-state index is 5.47. The fourth-order valence-corrected chi connectivity index (χ4v) is 9.99. The van der Waals surface area contributed by atoms with Gasteiger partial charge in [0, 0.05) is 33.2 Å². The van der Waals surface area contributed by atoms with E-state index in [2.05, 4.69) is 241 Å². The van der Waals surface area contributed by atoms with Crippen LogP contribution in [0.4, 0.5) is 0 Å². The second-order valence-corrected chi connectivity index (χ2v) is 16.1. The fraction of sp³-hybridized carbons (Fsp3) is 0.0169. The summed E-state index contributed by atoms with van der Waals surface area (Å²) in [5.74, 6) is 0.682. The van der Waals surface area contributed by atoms with E-state index in [9.17, 15) is 0 Å². The van der Waals surface area contributed by atoms with E-state index in [1.807, 2.05) is 0 Å². The average Bonchev–Trinajstić information content (AvgIpc) is 3.85. The molecule has 0 saturated heterocycles. The number of fused-ring (bicyclic) bond motifs is 6. The molecule has 2 aromatic heterocycles. The number of hydrogen-bond donors (Lipinski definition) is 0. The summed E-state index contributed by atoms with van der Waals surface area (Å²) in [7, 11) is 0. The van der Waals surface area contributed by atoms with E-state index >= 15 is 0 Å². The molecule has 2 heterocycles. The maximum atomic E-state index is 5.47. The zero-order valence-corrected chi connectivity index (χ0v) is 33.9. The molecule has 0 fully saturated rings. The number of benzene rings is 9. The largest absolute Gasteiger partial charge is 0.309 e. The van der Waals surface area contributed by atoms with Crippen LogP contribution in [0.3, 0.4) is 0 Å². The van der Waals surface area contributed by atoms with Crippen LogP contribution in [0.5, 0.6) is 0 Å². The van der Waals surface area contributed by atoms with Gasteiger partial charge in [0.1, 0.15) is 0 Å². The van der Waals surface area contributed by atoms with Gasteiger partial charge < -0.3 is 4.57 Å². The van der Waals surface area contributed by atoms with Crippen LogP contribution in [0.2, 0.25) is 0 Å². The predicted molar refractivity (Wildman–Crippen MR) is 255 cm³/mol. The normalized spacial score (nSPS) is 12.6. The monoisotopic (exact) mass is 789 g/mol. The van der Waals surface area contributed by atoms with Crippen LogP contribution >= 0.6 is 0 Å². The number of nitrogens with zero attached hydrogens (tertiary/aromatic N) is 3. The molecule has 0 saturated carbocycles. The summed E-state index contributed by atoms with van der Waals surface area (Å²) in [6.07, 6.45) is 0. The van der Waals surface area contributed by atoms with Crippen molar-refractivity contribution in [1.82, 2.24) is 14.5 Å². The van der Waals surface area contributed by atoms with Gasteiger partial charge in [0.2, 0.25) is 0 Å². The Morgan fingerprint density at radius 2 is 0.855 bits per heavy atom. The molecule has 1 aliphatic carbocycles. The first kappa shape index (κ1) is 35.8. The number of aromatic nitrogens is 3. The average molecular weight is 790 g/mol. The van der Waals surface area contributed by atoms with Crippen molar-refractivity contribution in [2.45, 2.75) is 5.41 Å². The van der Waals surface area contributed by atoms with E-state index < -0.39 is 5.41 Å². The van der Waals surface area contributed by atoms with Gasteiger partial charge in [-0.1, -0.05) is 194 Å². The molecule has 1 aliphatic rings. The third-order valence-electron chi connectivity index (χ3n) is 12.7. The van der Waals surface area contributed by atoms with Gasteiger partial charge in [-0.25, -0.2) is 9.97 Å². The van der Waals surface area contributed by atoms with Gasteiger partial charge in [0.25, 0.3) is 0 Å². The molecule has 3 nitrogen and oxygen atoms in total. The minimum absolute atomic E-state index is 0.577. The summed E-state index contributed by atoms with van der Waals surface area (Å²) >= 11 is 0. The molecule has 0 spiro atoms. The van der Waals surface area contributed by atoms with Crippen LogP contribution in [0.15, 0.2) is 237 Å². The van der Waals surface area contributed by atoms with Crippen LogP contribution in [-0.2, 0) is 5.41 Å². The van der Waals surface area contributed by atoms with Gasteiger partial charge in [0.05, 0.1) is 27.8 Å². The Bertz CT molecular complexity index is 3330. The molecule has 9 aromatic carbocycles. The molecule has 11 aromatic rings. The van der Waals surface area contributed by atoms with E-state index in [1.54, 1.807) is 0 Å². The van der Waals surface area contributed by atoms with Crippen molar-refractivity contribution < 1.29 is 0 Å². The molecule has 0 aliphatic heterocycles. The Morgan fingerprint density at radius 3 is 1.50 bits per heavy atom. The number of hydrogen-bond acceptors (Lipinski definition) is 2. The highest BCUT2D eigenvalue weighted by atomic mass is 15.0. The molecule has 0 atom stereocenters. The van der Waals surface area contributed by atoms with Crippen molar-refractivity contribution in [3.63, 3.8) is 0 Å². The molecule has 0 bridgehead atoms. The van der Waals surface area contributed by atoms with E-state index in [0.717, 1.165) is 50.4 Å². The van der Waals surface area contributed by atoms with Crippen molar-refractivity contribution in [1.29, 1.82) is 0 Å². The molecule has 290 valence electrons. The molecule has 0 radical (unpaired) electrons. The third kappa shape index (κ3) is 5.59. The lowest BCUT2D eigenvalue weighted by Gasteiger charge is -2.34. The highest BCUT2D eigenvalue weighted by Gasteiger charge is 2.46. The molecule has 0 N–H and O–H groups in total. The summed E-state index contributed by atoms with van der Waals surface area (Å²) in [4.78, 5) is 10.9. The molecule has 62 heavy (non-hydrogen) atoms. The first-order chi connectivity index (χ1) is 30.8. The number of rotatable bonds is 7. The Balaban J connectivity index is 1.21. The molecular formula is C59H39N3. The van der Waals surface area contributed by atoms with Crippen LogP contribution in [-0.4, -0.2) is 14.5 Å². The topological polar surface area (TPSA) is 30.7 Å². The van der Waals surface area contributed by atoms with Gasteiger partial charge in [0.15, 0.2) is 5.82 Å². The van der Waals surface area contributed by atoms with Crippen LogP contribution in [0, 0.1) is 0 Å². The smallest absolute Gasteiger partial charge is 0.161 e. The molecular weight excluding hydrogens is 751 g/mol. The zero-order valence-electron chi connectivity index (χ0n) is 33.9. The quantitative estimate of drug-likeness (QED) is 0.161. The second-order valence-electron chi connectivity index (χ2n) is 16.1. The van der Waals surface area contributed by atoms with Gasteiger partial charge in [-0.3, -0.25) is 0 Å². The Hall–Kier alpha value is -8.14. The summed E-state index contributed by atoms with van der Waals surface area (Å²) in [5, 5.41) is 2.43. The lowest BCUT2D eigenvalue weighted by atomic mass is 9.67. The third-order valence-corrected chi connectivity index (χ3v) is 12.7. The van der Waals surface area contributed by atoms with Gasteiger partial charge in [-0.2, -0.15) is 0 Å². The maximum Gasteiger partial charge on any atom is 0.161 e. The second kappa shape index (κ2) is 14.5. The lowest BCUT2D eigenvalue weighted by molar-refractivity contribution is 0.769. The standard InChI is InChI=1S/C59H39N3/c1-6-20-40(21-7-1)54-39-55(41-22-8-2-9-23-41)61-58(60-54)51-37-50-46-30-16-18-32-52(46)59(43-24-10-3-11-25-43,44-26-12-4-13-27-44)53(50)38-49(51)42-34-35-48-47-31-17-19-33-56(47)62(57(48)36-42)45-28-14-5-15-29-45/h1-39H. The highest BCUT2D eigenvalue weighted by Crippen LogP contribution is 2.58. The van der Waals surface area contributed by atoms with Crippen molar-refractivity contribution in [3.05, 3.63) is 259 Å². The van der Waals surface area contributed by atoms with Gasteiger partial charge in [-0.05, 0) is 87.0 Å². The lowest BCUT2D eigenvalue weighted by Crippen LogP contribution is -2.28. The molecule has 3 heteroatoms. The van der Waals surface area contributed by atoms with Crippen molar-refractivity contribution in [2.75, 3.05) is 0 Å². The Kier molecular flexibility index (Phi) is 8.39. The predicted octanol–water partition coefficient (Wildman–Crippen LogP) is 14.6.